The molecule has 0 spiro atoms. The summed E-state index contributed by atoms with van der Waals surface area (Å²) in [5, 5.41) is 6.15. The maximum atomic E-state index is 12.4. The second-order valence-electron chi connectivity index (χ2n) is 6.14. The number of nitrogens with one attached hydrogen (secondary N) is 2. The molecule has 0 bridgehead atoms. The molecule has 0 aliphatic carbocycles. The highest BCUT2D eigenvalue weighted by Crippen LogP contribution is 2.32. The summed E-state index contributed by atoms with van der Waals surface area (Å²) >= 11 is 0. The molecule has 2 N–H and O–H groups in total. The smallest absolute Gasteiger partial charge is 0.251 e. The van der Waals surface area contributed by atoms with Crippen molar-refractivity contribution in [2.75, 3.05) is 12.1 Å². The number of pyridine rings is 1. The first-order chi connectivity index (χ1) is 13.3. The lowest BCUT2D eigenvalue weighted by molar-refractivity contribution is 0.0951. The van der Waals surface area contributed by atoms with Crippen LogP contribution in [0.4, 0.5) is 5.82 Å². The quantitative estimate of drug-likeness (QED) is 0.704. The lowest BCUT2D eigenvalue weighted by atomic mass is 10.2. The van der Waals surface area contributed by atoms with Crippen LogP contribution in [-0.4, -0.2) is 17.7 Å². The molecule has 1 aliphatic rings. The van der Waals surface area contributed by atoms with Crippen LogP contribution in [0.3, 0.4) is 0 Å². The molecule has 27 heavy (non-hydrogen) atoms. The zero-order valence-corrected chi connectivity index (χ0v) is 14.6. The van der Waals surface area contributed by atoms with E-state index in [1.807, 2.05) is 48.5 Å². The van der Waals surface area contributed by atoms with Crippen LogP contribution in [-0.2, 0) is 13.1 Å². The van der Waals surface area contributed by atoms with Gasteiger partial charge in [-0.3, -0.25) is 4.79 Å². The van der Waals surface area contributed by atoms with Gasteiger partial charge in [-0.05, 0) is 35.4 Å². The number of ether oxygens (including phenoxy) is 2. The number of hydrogen-bond acceptors (Lipinski definition) is 5. The summed E-state index contributed by atoms with van der Waals surface area (Å²) in [6.45, 7) is 1.31. The Morgan fingerprint density at radius 3 is 2.67 bits per heavy atom. The third kappa shape index (κ3) is 4.17. The van der Waals surface area contributed by atoms with Gasteiger partial charge in [0, 0.05) is 24.8 Å². The fourth-order valence-electron chi connectivity index (χ4n) is 2.79. The number of amides is 1. The van der Waals surface area contributed by atoms with Gasteiger partial charge in [0.15, 0.2) is 11.5 Å². The first kappa shape index (κ1) is 16.9. The summed E-state index contributed by atoms with van der Waals surface area (Å²) in [5.41, 5.74) is 2.66. The van der Waals surface area contributed by atoms with Gasteiger partial charge in [0.1, 0.15) is 5.82 Å². The Bertz CT molecular complexity index is 944. The molecule has 2 aromatic carbocycles. The molecular weight excluding hydrogens is 342 g/mol. The molecule has 0 saturated carbocycles. The molecule has 0 unspecified atom stereocenters. The molecule has 1 aromatic heterocycles. The standard InChI is InChI=1S/C21H19N3O3/c25-21(24-12-15-4-2-1-3-5-15)17-8-9-22-20(11-17)23-13-16-6-7-18-19(10-16)27-14-26-18/h1-11H,12-14H2,(H,22,23)(H,24,25). The molecule has 0 fully saturated rings. The molecule has 136 valence electrons. The summed E-state index contributed by atoms with van der Waals surface area (Å²) in [4.78, 5) is 16.7. The fourth-order valence-corrected chi connectivity index (χ4v) is 2.79. The number of rotatable bonds is 6. The monoisotopic (exact) mass is 361 g/mol. The highest BCUT2D eigenvalue weighted by atomic mass is 16.7. The molecule has 1 amide bonds. The van der Waals surface area contributed by atoms with E-state index in [0.29, 0.717) is 24.5 Å². The topological polar surface area (TPSA) is 72.5 Å². The Kier molecular flexibility index (Phi) is 4.87. The second kappa shape index (κ2) is 7.78. The first-order valence-electron chi connectivity index (χ1n) is 8.68. The Morgan fingerprint density at radius 2 is 1.78 bits per heavy atom. The first-order valence-corrected chi connectivity index (χ1v) is 8.68. The maximum absolute atomic E-state index is 12.4. The Hall–Kier alpha value is -3.54. The lowest BCUT2D eigenvalue weighted by Crippen LogP contribution is -2.22. The number of fused-ring (bicyclic) bond motifs is 1. The van der Waals surface area contributed by atoms with Gasteiger partial charge >= 0.3 is 0 Å². The van der Waals surface area contributed by atoms with Crippen molar-refractivity contribution in [1.29, 1.82) is 0 Å². The van der Waals surface area contributed by atoms with Crippen molar-refractivity contribution in [3.63, 3.8) is 0 Å². The molecule has 6 nitrogen and oxygen atoms in total. The summed E-state index contributed by atoms with van der Waals surface area (Å²) in [5.74, 6) is 2.01. The SMILES string of the molecule is O=C(NCc1ccccc1)c1ccnc(NCc2ccc3c(c2)OCO3)c1. The zero-order chi connectivity index (χ0) is 18.5. The van der Waals surface area contributed by atoms with Crippen LogP contribution in [0.5, 0.6) is 11.5 Å². The van der Waals surface area contributed by atoms with Gasteiger partial charge < -0.3 is 20.1 Å². The highest BCUT2D eigenvalue weighted by Gasteiger charge is 2.13. The number of aromatic nitrogens is 1. The Labute approximate surface area is 157 Å². The van der Waals surface area contributed by atoms with Gasteiger partial charge in [0.05, 0.1) is 0 Å². The molecule has 0 radical (unpaired) electrons. The van der Waals surface area contributed by atoms with E-state index in [1.165, 1.54) is 0 Å². The van der Waals surface area contributed by atoms with Gasteiger partial charge in [-0.15, -0.1) is 0 Å². The van der Waals surface area contributed by atoms with Crippen LogP contribution in [0.2, 0.25) is 0 Å². The van der Waals surface area contributed by atoms with Gasteiger partial charge in [0.25, 0.3) is 5.91 Å². The second-order valence-corrected chi connectivity index (χ2v) is 6.14. The van der Waals surface area contributed by atoms with E-state index in [0.717, 1.165) is 22.6 Å². The van der Waals surface area contributed by atoms with Crippen LogP contribution in [0, 0.1) is 0 Å². The lowest BCUT2D eigenvalue weighted by Gasteiger charge is -2.09. The van der Waals surface area contributed by atoms with Gasteiger partial charge in [-0.25, -0.2) is 4.98 Å². The number of carbonyl (C=O) groups excluding carboxylic acids is 1. The minimum atomic E-state index is -0.132. The summed E-state index contributed by atoms with van der Waals surface area (Å²) in [7, 11) is 0. The van der Waals surface area contributed by atoms with Crippen molar-refractivity contribution in [3.8, 4) is 11.5 Å². The van der Waals surface area contributed by atoms with Crippen LogP contribution in [0.25, 0.3) is 0 Å². The van der Waals surface area contributed by atoms with Crippen molar-refractivity contribution >= 4 is 11.7 Å². The van der Waals surface area contributed by atoms with Gasteiger partial charge in [-0.1, -0.05) is 36.4 Å². The number of benzene rings is 2. The number of nitrogens with zero attached hydrogens (tertiary/aromatic N) is 1. The van der Waals surface area contributed by atoms with Crippen LogP contribution in [0.1, 0.15) is 21.5 Å². The van der Waals surface area contributed by atoms with E-state index in [-0.39, 0.29) is 12.7 Å². The van der Waals surface area contributed by atoms with Crippen molar-refractivity contribution < 1.29 is 14.3 Å². The number of hydrogen-bond donors (Lipinski definition) is 2. The van der Waals surface area contributed by atoms with Gasteiger partial charge in [0.2, 0.25) is 6.79 Å². The average Bonchev–Trinajstić information content (AvgIpc) is 3.19. The molecule has 2 heterocycles. The van der Waals surface area contributed by atoms with Crippen LogP contribution >= 0.6 is 0 Å². The van der Waals surface area contributed by atoms with Crippen molar-refractivity contribution in [3.05, 3.63) is 83.6 Å². The van der Waals surface area contributed by atoms with Crippen molar-refractivity contribution in [2.24, 2.45) is 0 Å². The van der Waals surface area contributed by atoms with E-state index in [9.17, 15) is 4.79 Å². The van der Waals surface area contributed by atoms with E-state index in [1.54, 1.807) is 18.3 Å². The third-order valence-electron chi connectivity index (χ3n) is 4.23. The predicted molar refractivity (Wildman–Crippen MR) is 102 cm³/mol. The van der Waals surface area contributed by atoms with Crippen LogP contribution < -0.4 is 20.1 Å². The van der Waals surface area contributed by atoms with E-state index in [4.69, 9.17) is 9.47 Å². The molecule has 0 saturated heterocycles. The largest absolute Gasteiger partial charge is 0.454 e. The normalized spacial score (nSPS) is 11.9. The maximum Gasteiger partial charge on any atom is 0.251 e. The number of carbonyl (C=O) groups is 1. The average molecular weight is 361 g/mol. The zero-order valence-electron chi connectivity index (χ0n) is 14.6. The van der Waals surface area contributed by atoms with E-state index < -0.39 is 0 Å². The van der Waals surface area contributed by atoms with Crippen molar-refractivity contribution in [1.82, 2.24) is 10.3 Å². The highest BCUT2D eigenvalue weighted by molar-refractivity contribution is 5.94. The number of anilines is 1. The summed E-state index contributed by atoms with van der Waals surface area (Å²) in [6, 6.07) is 19.0. The van der Waals surface area contributed by atoms with E-state index >= 15 is 0 Å². The minimum Gasteiger partial charge on any atom is -0.454 e. The summed E-state index contributed by atoms with van der Waals surface area (Å²) < 4.78 is 10.7. The summed E-state index contributed by atoms with van der Waals surface area (Å²) in [6.07, 6.45) is 1.62. The fraction of sp³-hybridized carbons (Fsp3) is 0.143. The van der Waals surface area contributed by atoms with Crippen LogP contribution in [0.15, 0.2) is 66.9 Å². The third-order valence-corrected chi connectivity index (χ3v) is 4.23. The molecule has 0 atom stereocenters. The molecule has 1 aliphatic heterocycles. The van der Waals surface area contributed by atoms with Crippen molar-refractivity contribution in [2.45, 2.75) is 13.1 Å². The predicted octanol–water partition coefficient (Wildman–Crippen LogP) is 3.35. The van der Waals surface area contributed by atoms with E-state index in [2.05, 4.69) is 15.6 Å². The molecule has 3 aromatic rings. The van der Waals surface area contributed by atoms with Gasteiger partial charge in [-0.2, -0.15) is 0 Å². The molecule has 4 rings (SSSR count). The molecule has 6 heteroatoms. The minimum absolute atomic E-state index is 0.132. The molecular formula is C21H19N3O3. The Balaban J connectivity index is 1.36. The Morgan fingerprint density at radius 1 is 0.926 bits per heavy atom.